The fourth-order valence-corrected chi connectivity index (χ4v) is 4.71. The van der Waals surface area contributed by atoms with Crippen LogP contribution in [0.4, 0.5) is 16.4 Å². The lowest BCUT2D eigenvalue weighted by molar-refractivity contribution is -0.117. The summed E-state index contributed by atoms with van der Waals surface area (Å²) in [5.41, 5.74) is 0.520. The van der Waals surface area contributed by atoms with Gasteiger partial charge in [0.15, 0.2) is 16.7 Å². The Hall–Kier alpha value is -2.95. The first-order valence-corrected chi connectivity index (χ1v) is 12.0. The number of ether oxygens (including phenoxy) is 2. The van der Waals surface area contributed by atoms with Crippen LogP contribution < -0.4 is 25.0 Å². The SMILES string of the molecule is O=C(CSc1nnc(N2CCCCC2)n1C1CC1)NC(=O)Nc1ccc2c(c1)OCCO2. The molecular weight excluding hydrogens is 432 g/mol. The van der Waals surface area contributed by atoms with Gasteiger partial charge in [0.1, 0.15) is 13.2 Å². The van der Waals surface area contributed by atoms with E-state index in [1.165, 1.54) is 31.0 Å². The zero-order chi connectivity index (χ0) is 21.9. The molecule has 0 unspecified atom stereocenters. The minimum Gasteiger partial charge on any atom is -0.486 e. The van der Waals surface area contributed by atoms with Crippen molar-refractivity contribution in [3.05, 3.63) is 18.2 Å². The molecule has 2 aliphatic heterocycles. The highest BCUT2D eigenvalue weighted by Gasteiger charge is 2.32. The van der Waals surface area contributed by atoms with Gasteiger partial charge in [0.2, 0.25) is 11.9 Å². The Morgan fingerprint density at radius 2 is 1.84 bits per heavy atom. The number of hydrogen-bond acceptors (Lipinski definition) is 8. The van der Waals surface area contributed by atoms with Crippen molar-refractivity contribution in [2.75, 3.05) is 42.3 Å². The number of anilines is 2. The van der Waals surface area contributed by atoms with Crippen LogP contribution in [0.3, 0.4) is 0 Å². The molecule has 5 rings (SSSR count). The minimum absolute atomic E-state index is 0.0828. The van der Waals surface area contributed by atoms with Gasteiger partial charge in [0.25, 0.3) is 0 Å². The number of thioether (sulfide) groups is 1. The van der Waals surface area contributed by atoms with E-state index < -0.39 is 11.9 Å². The number of rotatable bonds is 6. The van der Waals surface area contributed by atoms with Gasteiger partial charge < -0.3 is 19.7 Å². The fraction of sp³-hybridized carbons (Fsp3) is 0.524. The number of nitrogens with one attached hydrogen (secondary N) is 2. The summed E-state index contributed by atoms with van der Waals surface area (Å²) < 4.78 is 13.1. The molecule has 2 N–H and O–H groups in total. The molecule has 3 aliphatic rings. The molecule has 1 saturated carbocycles. The lowest BCUT2D eigenvalue weighted by Gasteiger charge is -2.27. The second-order valence-electron chi connectivity index (χ2n) is 8.08. The van der Waals surface area contributed by atoms with Gasteiger partial charge in [-0.25, -0.2) is 4.79 Å². The number of amides is 3. The highest BCUT2D eigenvalue weighted by atomic mass is 32.2. The van der Waals surface area contributed by atoms with E-state index >= 15 is 0 Å². The van der Waals surface area contributed by atoms with Crippen LogP contribution in [0.2, 0.25) is 0 Å². The van der Waals surface area contributed by atoms with Crippen LogP contribution in [0.15, 0.2) is 23.4 Å². The second-order valence-corrected chi connectivity index (χ2v) is 9.02. The summed E-state index contributed by atoms with van der Waals surface area (Å²) in [4.78, 5) is 26.9. The summed E-state index contributed by atoms with van der Waals surface area (Å²) >= 11 is 1.31. The maximum atomic E-state index is 12.3. The molecule has 1 saturated heterocycles. The molecule has 10 nitrogen and oxygen atoms in total. The van der Waals surface area contributed by atoms with Crippen molar-refractivity contribution >= 4 is 35.3 Å². The number of imide groups is 1. The van der Waals surface area contributed by atoms with E-state index in [0.29, 0.717) is 36.4 Å². The Morgan fingerprint density at radius 3 is 2.62 bits per heavy atom. The molecule has 170 valence electrons. The standard InChI is InChI=1S/C21H26N6O4S/c28-18(23-19(29)22-14-4-7-16-17(12-14)31-11-10-30-16)13-32-21-25-24-20(27(21)15-5-6-15)26-8-2-1-3-9-26/h4,7,12,15H,1-3,5-6,8-11,13H2,(H2,22,23,28,29). The predicted octanol–water partition coefficient (Wildman–Crippen LogP) is 2.81. The van der Waals surface area contributed by atoms with Crippen LogP contribution in [-0.4, -0.2) is 58.8 Å². The van der Waals surface area contributed by atoms with E-state index in [2.05, 4.69) is 30.3 Å². The van der Waals surface area contributed by atoms with E-state index in [0.717, 1.165) is 37.0 Å². The number of hydrogen-bond donors (Lipinski definition) is 2. The average Bonchev–Trinajstić information content (AvgIpc) is 3.56. The van der Waals surface area contributed by atoms with Crippen molar-refractivity contribution in [3.8, 4) is 11.5 Å². The van der Waals surface area contributed by atoms with E-state index in [-0.39, 0.29) is 5.75 Å². The van der Waals surface area contributed by atoms with E-state index in [1.807, 2.05) is 0 Å². The number of piperidine rings is 1. The molecule has 0 bridgehead atoms. The monoisotopic (exact) mass is 458 g/mol. The first kappa shape index (κ1) is 20.9. The molecule has 3 amide bonds. The Bertz CT molecular complexity index is 1000. The maximum absolute atomic E-state index is 12.3. The van der Waals surface area contributed by atoms with Crippen molar-refractivity contribution in [2.45, 2.75) is 43.3 Å². The number of carbonyl (C=O) groups is 2. The zero-order valence-electron chi connectivity index (χ0n) is 17.7. The first-order chi connectivity index (χ1) is 15.7. The van der Waals surface area contributed by atoms with Gasteiger partial charge in [-0.05, 0) is 44.2 Å². The number of fused-ring (bicyclic) bond motifs is 1. The van der Waals surface area contributed by atoms with Gasteiger partial charge in [-0.1, -0.05) is 11.8 Å². The molecular formula is C21H26N6O4S. The smallest absolute Gasteiger partial charge is 0.325 e. The highest BCUT2D eigenvalue weighted by Crippen LogP contribution is 2.41. The number of nitrogens with zero attached hydrogens (tertiary/aromatic N) is 4. The van der Waals surface area contributed by atoms with Crippen molar-refractivity contribution < 1.29 is 19.1 Å². The average molecular weight is 459 g/mol. The van der Waals surface area contributed by atoms with E-state index in [9.17, 15) is 9.59 Å². The van der Waals surface area contributed by atoms with Crippen molar-refractivity contribution in [2.24, 2.45) is 0 Å². The summed E-state index contributed by atoms with van der Waals surface area (Å²) in [6.45, 7) is 2.95. The predicted molar refractivity (Wildman–Crippen MR) is 120 cm³/mol. The lowest BCUT2D eigenvalue weighted by Crippen LogP contribution is -2.35. The number of benzene rings is 1. The Morgan fingerprint density at radius 1 is 1.06 bits per heavy atom. The molecule has 11 heteroatoms. The van der Waals surface area contributed by atoms with Crippen LogP contribution in [0.5, 0.6) is 11.5 Å². The lowest BCUT2D eigenvalue weighted by atomic mass is 10.1. The quantitative estimate of drug-likeness (QED) is 0.636. The summed E-state index contributed by atoms with van der Waals surface area (Å²) in [6, 6.07) is 4.92. The largest absolute Gasteiger partial charge is 0.486 e. The molecule has 0 radical (unpaired) electrons. The summed E-state index contributed by atoms with van der Waals surface area (Å²) in [5.74, 6) is 1.80. The molecule has 0 spiro atoms. The van der Waals surface area contributed by atoms with Gasteiger partial charge >= 0.3 is 6.03 Å². The molecule has 3 heterocycles. The molecule has 32 heavy (non-hydrogen) atoms. The number of carbonyl (C=O) groups excluding carboxylic acids is 2. The minimum atomic E-state index is -0.593. The van der Waals surface area contributed by atoms with Gasteiger partial charge in [0, 0.05) is 30.9 Å². The topological polar surface area (TPSA) is 111 Å². The Kier molecular flexibility index (Phi) is 6.06. The van der Waals surface area contributed by atoms with Crippen LogP contribution >= 0.6 is 11.8 Å². The number of aromatic nitrogens is 3. The third-order valence-corrected chi connectivity index (χ3v) is 6.53. The van der Waals surface area contributed by atoms with E-state index in [1.54, 1.807) is 18.2 Å². The van der Waals surface area contributed by atoms with Crippen LogP contribution in [0.25, 0.3) is 0 Å². The molecule has 0 atom stereocenters. The highest BCUT2D eigenvalue weighted by molar-refractivity contribution is 7.99. The van der Waals surface area contributed by atoms with Gasteiger partial charge in [0.05, 0.1) is 5.75 Å². The fourth-order valence-electron chi connectivity index (χ4n) is 3.91. The molecule has 1 aliphatic carbocycles. The van der Waals surface area contributed by atoms with Crippen molar-refractivity contribution in [1.29, 1.82) is 0 Å². The van der Waals surface area contributed by atoms with Gasteiger partial charge in [-0.2, -0.15) is 0 Å². The maximum Gasteiger partial charge on any atom is 0.325 e. The van der Waals surface area contributed by atoms with Crippen LogP contribution in [-0.2, 0) is 4.79 Å². The van der Waals surface area contributed by atoms with Gasteiger partial charge in [-0.3, -0.25) is 14.7 Å². The van der Waals surface area contributed by atoms with Crippen molar-refractivity contribution in [1.82, 2.24) is 20.1 Å². The van der Waals surface area contributed by atoms with Gasteiger partial charge in [-0.15, -0.1) is 10.2 Å². The first-order valence-electron chi connectivity index (χ1n) is 11.0. The van der Waals surface area contributed by atoms with Crippen molar-refractivity contribution in [3.63, 3.8) is 0 Å². The van der Waals surface area contributed by atoms with Crippen LogP contribution in [0.1, 0.15) is 38.1 Å². The van der Waals surface area contributed by atoms with Crippen LogP contribution in [0, 0.1) is 0 Å². The zero-order valence-corrected chi connectivity index (χ0v) is 18.5. The summed E-state index contributed by atoms with van der Waals surface area (Å²) in [7, 11) is 0. The third kappa shape index (κ3) is 4.77. The number of urea groups is 1. The molecule has 1 aromatic carbocycles. The third-order valence-electron chi connectivity index (χ3n) is 5.58. The normalized spacial score (nSPS) is 17.7. The molecule has 1 aromatic heterocycles. The second kappa shape index (κ2) is 9.27. The summed E-state index contributed by atoms with van der Waals surface area (Å²) in [5, 5.41) is 14.5. The Labute approximate surface area is 190 Å². The molecule has 2 aromatic rings. The Balaban J connectivity index is 1.16. The van der Waals surface area contributed by atoms with E-state index in [4.69, 9.17) is 9.47 Å². The molecule has 2 fully saturated rings. The summed E-state index contributed by atoms with van der Waals surface area (Å²) in [6.07, 6.45) is 5.80.